The predicted molar refractivity (Wildman–Crippen MR) is 87.6 cm³/mol. The first-order valence-electron chi connectivity index (χ1n) is 7.21. The van der Waals surface area contributed by atoms with Crippen molar-refractivity contribution in [3.8, 4) is 11.5 Å². The molecule has 2 aromatic rings. The Morgan fingerprint density at radius 1 is 1.31 bits per heavy atom. The summed E-state index contributed by atoms with van der Waals surface area (Å²) in [4.78, 5) is 11.1. The molecular weight excluding hydrogens is 372 g/mol. The monoisotopic (exact) mass is 389 g/mol. The minimum Gasteiger partial charge on any atom is -0.493 e. The van der Waals surface area contributed by atoms with E-state index < -0.39 is 22.5 Å². The number of amides is 1. The van der Waals surface area contributed by atoms with Crippen LogP contribution in [-0.2, 0) is 23.6 Å². The maximum atomic E-state index is 12.3. The summed E-state index contributed by atoms with van der Waals surface area (Å²) in [6.45, 7) is -3.14. The molecule has 26 heavy (non-hydrogen) atoms. The van der Waals surface area contributed by atoms with Crippen LogP contribution in [0.15, 0.2) is 35.4 Å². The van der Waals surface area contributed by atoms with E-state index >= 15 is 0 Å². The van der Waals surface area contributed by atoms with Crippen LogP contribution in [0.4, 0.5) is 8.78 Å². The molecule has 11 heteroatoms. The van der Waals surface area contributed by atoms with Crippen molar-refractivity contribution in [1.29, 1.82) is 0 Å². The molecule has 2 rings (SSSR count). The van der Waals surface area contributed by atoms with Gasteiger partial charge in [0, 0.05) is 19.8 Å². The van der Waals surface area contributed by atoms with E-state index in [4.69, 9.17) is 10.5 Å². The van der Waals surface area contributed by atoms with Crippen LogP contribution < -0.4 is 19.9 Å². The van der Waals surface area contributed by atoms with Gasteiger partial charge in [0.1, 0.15) is 10.6 Å². The number of methoxy groups -OCH3 is 1. The average Bonchev–Trinajstić information content (AvgIpc) is 2.96. The second-order valence-electron chi connectivity index (χ2n) is 5.22. The molecule has 0 unspecified atom stereocenters. The van der Waals surface area contributed by atoms with Gasteiger partial charge in [-0.1, -0.05) is 6.07 Å². The smallest absolute Gasteiger partial charge is 0.387 e. The van der Waals surface area contributed by atoms with Gasteiger partial charge >= 0.3 is 6.61 Å². The number of rotatable bonds is 8. The number of carbonyl (C=O) groups excluding carboxylic acids is 1. The van der Waals surface area contributed by atoms with E-state index in [2.05, 4.69) is 9.46 Å². The number of hydrogen-bond acceptors (Lipinski definition) is 5. The van der Waals surface area contributed by atoms with Crippen molar-refractivity contribution >= 4 is 15.9 Å². The highest BCUT2D eigenvalue weighted by Gasteiger charge is 2.19. The zero-order valence-electron chi connectivity index (χ0n) is 13.9. The summed E-state index contributed by atoms with van der Waals surface area (Å²) in [5, 5.41) is 0. The molecule has 0 saturated heterocycles. The Balaban J connectivity index is 2.17. The van der Waals surface area contributed by atoms with Gasteiger partial charge in [-0.3, -0.25) is 4.79 Å². The van der Waals surface area contributed by atoms with Crippen molar-refractivity contribution < 1.29 is 31.5 Å². The highest BCUT2D eigenvalue weighted by molar-refractivity contribution is 7.89. The number of ether oxygens (including phenoxy) is 2. The number of benzene rings is 1. The molecule has 0 aliphatic rings. The van der Waals surface area contributed by atoms with E-state index in [0.29, 0.717) is 5.56 Å². The van der Waals surface area contributed by atoms with Crippen LogP contribution in [0, 0.1) is 0 Å². The third kappa shape index (κ3) is 4.49. The number of aryl methyl sites for hydroxylation is 1. The van der Waals surface area contributed by atoms with Crippen LogP contribution in [0.1, 0.15) is 16.1 Å². The number of nitrogens with zero attached hydrogens (tertiary/aromatic N) is 1. The van der Waals surface area contributed by atoms with E-state index in [1.165, 1.54) is 43.1 Å². The molecule has 1 aromatic heterocycles. The standard InChI is InChI=1S/C15H17F2N3O5S/c1-20-8-10(6-11(20)14(18)21)26(22,23)19-7-9-3-4-12(25-15(16)17)13(5-9)24-2/h3-6,8,15,19H,7H2,1-2H3,(H2,18,21). The van der Waals surface area contributed by atoms with Crippen molar-refractivity contribution in [3.63, 3.8) is 0 Å². The number of nitrogens with one attached hydrogen (secondary N) is 1. The van der Waals surface area contributed by atoms with Gasteiger partial charge < -0.3 is 19.8 Å². The van der Waals surface area contributed by atoms with Crippen molar-refractivity contribution in [2.75, 3.05) is 7.11 Å². The zero-order valence-corrected chi connectivity index (χ0v) is 14.7. The highest BCUT2D eigenvalue weighted by Crippen LogP contribution is 2.29. The first-order valence-corrected chi connectivity index (χ1v) is 8.70. The fraction of sp³-hybridized carbons (Fsp3) is 0.267. The lowest BCUT2D eigenvalue weighted by atomic mass is 10.2. The number of aromatic nitrogens is 1. The van der Waals surface area contributed by atoms with Crippen LogP contribution >= 0.6 is 0 Å². The van der Waals surface area contributed by atoms with Crippen molar-refractivity contribution in [1.82, 2.24) is 9.29 Å². The van der Waals surface area contributed by atoms with Gasteiger partial charge in [-0.05, 0) is 23.8 Å². The van der Waals surface area contributed by atoms with Crippen LogP contribution in [0.25, 0.3) is 0 Å². The number of nitrogens with two attached hydrogens (primary N) is 1. The fourth-order valence-electron chi connectivity index (χ4n) is 2.20. The molecular formula is C15H17F2N3O5S. The normalized spacial score (nSPS) is 11.6. The Bertz CT molecular complexity index is 912. The number of sulfonamides is 1. The van der Waals surface area contributed by atoms with Gasteiger partial charge in [0.25, 0.3) is 5.91 Å². The van der Waals surface area contributed by atoms with Crippen molar-refractivity contribution in [2.24, 2.45) is 12.8 Å². The minimum atomic E-state index is -3.91. The van der Waals surface area contributed by atoms with Gasteiger partial charge in [-0.15, -0.1) is 0 Å². The van der Waals surface area contributed by atoms with E-state index in [-0.39, 0.29) is 28.6 Å². The third-order valence-electron chi connectivity index (χ3n) is 3.45. The molecule has 0 fully saturated rings. The van der Waals surface area contributed by atoms with Gasteiger partial charge in [0.05, 0.1) is 7.11 Å². The average molecular weight is 389 g/mol. The Labute approximate surface area is 148 Å². The molecule has 142 valence electrons. The molecule has 0 aliphatic carbocycles. The number of primary amides is 1. The maximum Gasteiger partial charge on any atom is 0.387 e. The summed E-state index contributed by atoms with van der Waals surface area (Å²) < 4.78 is 62.2. The molecule has 0 saturated carbocycles. The molecule has 0 radical (unpaired) electrons. The third-order valence-corrected chi connectivity index (χ3v) is 4.82. The van der Waals surface area contributed by atoms with Gasteiger partial charge in [0.15, 0.2) is 11.5 Å². The molecule has 0 aliphatic heterocycles. The molecule has 3 N–H and O–H groups in total. The van der Waals surface area contributed by atoms with Crippen LogP contribution in [-0.4, -0.2) is 32.6 Å². The van der Waals surface area contributed by atoms with Crippen molar-refractivity contribution in [3.05, 3.63) is 41.7 Å². The SMILES string of the molecule is COc1cc(CNS(=O)(=O)c2cc(C(N)=O)n(C)c2)ccc1OC(F)F. The topological polar surface area (TPSA) is 113 Å². The second-order valence-corrected chi connectivity index (χ2v) is 6.99. The van der Waals surface area contributed by atoms with Gasteiger partial charge in [-0.25, -0.2) is 13.1 Å². The number of carbonyl (C=O) groups is 1. The highest BCUT2D eigenvalue weighted by atomic mass is 32.2. The lowest BCUT2D eigenvalue weighted by Crippen LogP contribution is -2.23. The number of halogens is 2. The van der Waals surface area contributed by atoms with E-state index in [0.717, 1.165) is 6.07 Å². The van der Waals surface area contributed by atoms with Crippen LogP contribution in [0.3, 0.4) is 0 Å². The largest absolute Gasteiger partial charge is 0.493 e. The number of alkyl halides is 2. The zero-order chi connectivity index (χ0) is 19.5. The molecule has 1 aromatic carbocycles. The molecule has 1 heterocycles. The number of hydrogen-bond donors (Lipinski definition) is 2. The van der Waals surface area contributed by atoms with Crippen LogP contribution in [0.2, 0.25) is 0 Å². The summed E-state index contributed by atoms with van der Waals surface area (Å²) in [6, 6.07) is 5.20. The molecule has 1 amide bonds. The summed E-state index contributed by atoms with van der Waals surface area (Å²) in [5.41, 5.74) is 5.66. The van der Waals surface area contributed by atoms with E-state index in [1.807, 2.05) is 0 Å². The minimum absolute atomic E-state index is 0.0396. The summed E-state index contributed by atoms with van der Waals surface area (Å²) in [5.74, 6) is -0.880. The van der Waals surface area contributed by atoms with Gasteiger partial charge in [-0.2, -0.15) is 8.78 Å². The van der Waals surface area contributed by atoms with Gasteiger partial charge in [0.2, 0.25) is 10.0 Å². The molecule has 0 bridgehead atoms. The maximum absolute atomic E-state index is 12.3. The fourth-order valence-corrected chi connectivity index (χ4v) is 3.29. The molecule has 0 atom stereocenters. The second kappa shape index (κ2) is 7.70. The Kier molecular flexibility index (Phi) is 5.83. The van der Waals surface area contributed by atoms with E-state index in [1.54, 1.807) is 0 Å². The quantitative estimate of drug-likeness (QED) is 0.705. The summed E-state index contributed by atoms with van der Waals surface area (Å²) in [7, 11) is -1.15. The van der Waals surface area contributed by atoms with E-state index in [9.17, 15) is 22.0 Å². The van der Waals surface area contributed by atoms with Crippen LogP contribution in [0.5, 0.6) is 11.5 Å². The lowest BCUT2D eigenvalue weighted by Gasteiger charge is -2.12. The summed E-state index contributed by atoms with van der Waals surface area (Å²) in [6.07, 6.45) is 1.25. The Morgan fingerprint density at radius 2 is 2.00 bits per heavy atom. The Morgan fingerprint density at radius 3 is 2.54 bits per heavy atom. The summed E-state index contributed by atoms with van der Waals surface area (Å²) >= 11 is 0. The van der Waals surface area contributed by atoms with Crippen molar-refractivity contribution in [2.45, 2.75) is 18.1 Å². The lowest BCUT2D eigenvalue weighted by molar-refractivity contribution is -0.0512. The Hall–Kier alpha value is -2.66. The molecule has 0 spiro atoms. The molecule has 8 nitrogen and oxygen atoms in total. The predicted octanol–water partition coefficient (Wildman–Crippen LogP) is 1.21. The first-order chi connectivity index (χ1) is 12.1. The first kappa shape index (κ1) is 19.7.